The summed E-state index contributed by atoms with van der Waals surface area (Å²) in [6, 6.07) is 6.08. The maximum Gasteiger partial charge on any atom is 0.335 e. The van der Waals surface area contributed by atoms with Crippen molar-refractivity contribution in [3.8, 4) is 0 Å². The Labute approximate surface area is 112 Å². The van der Waals surface area contributed by atoms with Gasteiger partial charge in [0.15, 0.2) is 0 Å². The van der Waals surface area contributed by atoms with E-state index in [9.17, 15) is 13.2 Å². The number of carbonyl (C=O) groups is 1. The Bertz CT molecular complexity index is 582. The molecule has 6 heteroatoms. The number of sulfonamides is 1. The van der Waals surface area contributed by atoms with Gasteiger partial charge in [0.2, 0.25) is 10.0 Å². The maximum absolute atomic E-state index is 12.2. The number of benzene rings is 1. The molecule has 104 valence electrons. The Morgan fingerprint density at radius 3 is 2.79 bits per heavy atom. The summed E-state index contributed by atoms with van der Waals surface area (Å²) in [5, 5.41) is 8.89. The summed E-state index contributed by atoms with van der Waals surface area (Å²) in [5.74, 6) is -0.796. The van der Waals surface area contributed by atoms with Crippen LogP contribution in [-0.2, 0) is 15.8 Å². The van der Waals surface area contributed by atoms with Crippen molar-refractivity contribution in [3.63, 3.8) is 0 Å². The lowest BCUT2D eigenvalue weighted by Gasteiger charge is -2.16. The monoisotopic (exact) mass is 283 g/mol. The number of carboxylic acid groups (broad SMARTS) is 1. The molecule has 1 aromatic carbocycles. The minimum Gasteiger partial charge on any atom is -0.478 e. The van der Waals surface area contributed by atoms with Gasteiger partial charge in [0.25, 0.3) is 0 Å². The fourth-order valence-corrected chi connectivity index (χ4v) is 3.89. The van der Waals surface area contributed by atoms with Gasteiger partial charge in [-0.15, -0.1) is 0 Å². The SMILES string of the molecule is CC1CCN(S(=O)(=O)Cc2cccc(C(=O)O)c2)C1. The molecule has 5 nitrogen and oxygen atoms in total. The van der Waals surface area contributed by atoms with Gasteiger partial charge in [-0.3, -0.25) is 0 Å². The molecular formula is C13H17NO4S. The topological polar surface area (TPSA) is 74.7 Å². The van der Waals surface area contributed by atoms with Crippen LogP contribution in [0.3, 0.4) is 0 Å². The molecular weight excluding hydrogens is 266 g/mol. The molecule has 2 rings (SSSR count). The molecule has 0 aliphatic carbocycles. The van der Waals surface area contributed by atoms with Crippen molar-refractivity contribution < 1.29 is 18.3 Å². The van der Waals surface area contributed by atoms with Gasteiger partial charge in [-0.25, -0.2) is 17.5 Å². The number of hydrogen-bond acceptors (Lipinski definition) is 3. The van der Waals surface area contributed by atoms with Gasteiger partial charge in [0.05, 0.1) is 11.3 Å². The van der Waals surface area contributed by atoms with E-state index in [0.717, 1.165) is 6.42 Å². The van der Waals surface area contributed by atoms with Crippen LogP contribution in [-0.4, -0.2) is 36.9 Å². The van der Waals surface area contributed by atoms with E-state index in [2.05, 4.69) is 0 Å². The highest BCUT2D eigenvalue weighted by atomic mass is 32.2. The van der Waals surface area contributed by atoms with Gasteiger partial charge in [-0.05, 0) is 30.0 Å². The molecule has 1 aliphatic heterocycles. The van der Waals surface area contributed by atoms with E-state index in [1.807, 2.05) is 6.92 Å². The second-order valence-corrected chi connectivity index (χ2v) is 6.98. The van der Waals surface area contributed by atoms with Crippen LogP contribution in [0.1, 0.15) is 29.3 Å². The van der Waals surface area contributed by atoms with Crippen molar-refractivity contribution in [2.75, 3.05) is 13.1 Å². The molecule has 1 aromatic rings. The molecule has 0 radical (unpaired) electrons. The number of rotatable bonds is 4. The summed E-state index contributed by atoms with van der Waals surface area (Å²) in [6.07, 6.45) is 0.883. The zero-order valence-corrected chi connectivity index (χ0v) is 11.6. The quantitative estimate of drug-likeness (QED) is 0.910. The highest BCUT2D eigenvalue weighted by Crippen LogP contribution is 2.21. The molecule has 19 heavy (non-hydrogen) atoms. The molecule has 1 heterocycles. The lowest BCUT2D eigenvalue weighted by Crippen LogP contribution is -2.29. The summed E-state index contributed by atoms with van der Waals surface area (Å²) in [6.45, 7) is 3.14. The third-order valence-corrected chi connectivity index (χ3v) is 5.12. The van der Waals surface area contributed by atoms with Crippen LogP contribution in [0.4, 0.5) is 0 Å². The van der Waals surface area contributed by atoms with E-state index in [1.54, 1.807) is 12.1 Å². The largest absolute Gasteiger partial charge is 0.478 e. The predicted octanol–water partition coefficient (Wildman–Crippen LogP) is 1.56. The summed E-state index contributed by atoms with van der Waals surface area (Å²) >= 11 is 0. The van der Waals surface area contributed by atoms with Crippen LogP contribution in [0.5, 0.6) is 0 Å². The molecule has 1 atom stereocenters. The number of hydrogen-bond donors (Lipinski definition) is 1. The van der Waals surface area contributed by atoms with E-state index in [4.69, 9.17) is 5.11 Å². The maximum atomic E-state index is 12.2. The zero-order chi connectivity index (χ0) is 14.0. The molecule has 0 amide bonds. The molecule has 0 saturated carbocycles. The van der Waals surface area contributed by atoms with Crippen molar-refractivity contribution in [2.24, 2.45) is 5.92 Å². The molecule has 0 bridgehead atoms. The van der Waals surface area contributed by atoms with Gasteiger partial charge in [-0.1, -0.05) is 19.1 Å². The van der Waals surface area contributed by atoms with Crippen molar-refractivity contribution in [2.45, 2.75) is 19.1 Å². The van der Waals surface area contributed by atoms with Gasteiger partial charge < -0.3 is 5.11 Å². The first-order chi connectivity index (χ1) is 8.88. The van der Waals surface area contributed by atoms with E-state index in [-0.39, 0.29) is 11.3 Å². The van der Waals surface area contributed by atoms with Crippen molar-refractivity contribution in [1.29, 1.82) is 0 Å². The minimum absolute atomic E-state index is 0.113. The Morgan fingerprint density at radius 1 is 1.47 bits per heavy atom. The van der Waals surface area contributed by atoms with Crippen molar-refractivity contribution in [3.05, 3.63) is 35.4 Å². The first-order valence-electron chi connectivity index (χ1n) is 6.18. The fourth-order valence-electron chi connectivity index (χ4n) is 2.24. The first kappa shape index (κ1) is 14.0. The number of aromatic carboxylic acids is 1. The van der Waals surface area contributed by atoms with Crippen molar-refractivity contribution in [1.82, 2.24) is 4.31 Å². The predicted molar refractivity (Wildman–Crippen MR) is 71.4 cm³/mol. The second-order valence-electron chi connectivity index (χ2n) is 5.01. The average molecular weight is 283 g/mol. The normalized spacial score (nSPS) is 20.6. The summed E-state index contributed by atoms with van der Waals surface area (Å²) < 4.78 is 25.9. The summed E-state index contributed by atoms with van der Waals surface area (Å²) in [4.78, 5) is 10.9. The molecule has 1 unspecified atom stereocenters. The first-order valence-corrected chi connectivity index (χ1v) is 7.79. The molecule has 1 saturated heterocycles. The fraction of sp³-hybridized carbons (Fsp3) is 0.462. The number of nitrogens with zero attached hydrogens (tertiary/aromatic N) is 1. The van der Waals surface area contributed by atoms with Crippen molar-refractivity contribution >= 4 is 16.0 Å². The van der Waals surface area contributed by atoms with E-state index >= 15 is 0 Å². The average Bonchev–Trinajstić information content (AvgIpc) is 2.76. The minimum atomic E-state index is -3.35. The Kier molecular flexibility index (Phi) is 3.91. The Hall–Kier alpha value is -1.40. The molecule has 0 spiro atoms. The zero-order valence-electron chi connectivity index (χ0n) is 10.7. The summed E-state index contributed by atoms with van der Waals surface area (Å²) in [5.41, 5.74) is 0.627. The van der Waals surface area contributed by atoms with Crippen LogP contribution in [0.15, 0.2) is 24.3 Å². The van der Waals surface area contributed by atoms with Gasteiger partial charge in [0, 0.05) is 13.1 Å². The highest BCUT2D eigenvalue weighted by Gasteiger charge is 2.29. The molecule has 1 aliphatic rings. The van der Waals surface area contributed by atoms with Gasteiger partial charge >= 0.3 is 5.97 Å². The van der Waals surface area contributed by atoms with Crippen LogP contribution < -0.4 is 0 Å². The van der Waals surface area contributed by atoms with E-state index < -0.39 is 16.0 Å². The Morgan fingerprint density at radius 2 is 2.21 bits per heavy atom. The number of carboxylic acids is 1. The lowest BCUT2D eigenvalue weighted by molar-refractivity contribution is 0.0696. The molecule has 1 fully saturated rings. The van der Waals surface area contributed by atoms with Crippen LogP contribution in [0.25, 0.3) is 0 Å². The summed E-state index contributed by atoms with van der Waals surface area (Å²) in [7, 11) is -3.35. The van der Waals surface area contributed by atoms with Crippen LogP contribution >= 0.6 is 0 Å². The smallest absolute Gasteiger partial charge is 0.335 e. The second kappa shape index (κ2) is 5.30. The van der Waals surface area contributed by atoms with Crippen LogP contribution in [0.2, 0.25) is 0 Å². The molecule has 0 aromatic heterocycles. The highest BCUT2D eigenvalue weighted by molar-refractivity contribution is 7.88. The van der Waals surface area contributed by atoms with Gasteiger partial charge in [0.1, 0.15) is 0 Å². The third kappa shape index (κ3) is 3.33. The van der Waals surface area contributed by atoms with Gasteiger partial charge in [-0.2, -0.15) is 0 Å². The molecule has 1 N–H and O–H groups in total. The standard InChI is InChI=1S/C13H17NO4S/c1-10-5-6-14(8-10)19(17,18)9-11-3-2-4-12(7-11)13(15)16/h2-4,7,10H,5-6,8-9H2,1H3,(H,15,16). The van der Waals surface area contributed by atoms with E-state index in [1.165, 1.54) is 16.4 Å². The lowest BCUT2D eigenvalue weighted by atomic mass is 10.1. The van der Waals surface area contributed by atoms with E-state index in [0.29, 0.717) is 24.6 Å². The van der Waals surface area contributed by atoms with Crippen LogP contribution in [0, 0.1) is 5.92 Å². The third-order valence-electron chi connectivity index (χ3n) is 3.30. The Balaban J connectivity index is 2.16.